The number of nitrogens with one attached hydrogen (secondary N) is 1. The highest BCUT2D eigenvalue weighted by molar-refractivity contribution is 5.39. The van der Waals surface area contributed by atoms with Crippen molar-refractivity contribution in [2.75, 3.05) is 7.11 Å². The lowest BCUT2D eigenvalue weighted by Gasteiger charge is -2.19. The van der Waals surface area contributed by atoms with Crippen LogP contribution in [0.4, 0.5) is 0 Å². The predicted octanol–water partition coefficient (Wildman–Crippen LogP) is 3.64. The van der Waals surface area contributed by atoms with E-state index < -0.39 is 0 Å². The zero-order valence-corrected chi connectivity index (χ0v) is 12.3. The molecule has 1 aliphatic carbocycles. The van der Waals surface area contributed by atoms with Gasteiger partial charge in [-0.3, -0.25) is 0 Å². The number of hydrogen-bond donors (Lipinski definition) is 2. The third-order valence-corrected chi connectivity index (χ3v) is 4.05. The standard InChI is InChI=1S/C18H21NO2/c1-21-16-9-10-17(20)15(11-16)12-19-18(14-7-8-14)13-5-3-2-4-6-13/h2-6,9-11,14,18-20H,7-8,12H2,1H3. The number of methoxy groups -OCH3 is 1. The zero-order valence-electron chi connectivity index (χ0n) is 12.3. The summed E-state index contributed by atoms with van der Waals surface area (Å²) in [7, 11) is 1.64. The first-order valence-corrected chi connectivity index (χ1v) is 7.42. The number of benzene rings is 2. The van der Waals surface area contributed by atoms with Crippen LogP contribution in [0.15, 0.2) is 48.5 Å². The Bertz CT molecular complexity index is 593. The second-order valence-electron chi connectivity index (χ2n) is 5.60. The number of phenols is 1. The lowest BCUT2D eigenvalue weighted by Crippen LogP contribution is -2.22. The third-order valence-electron chi connectivity index (χ3n) is 4.05. The van der Waals surface area contributed by atoms with Gasteiger partial charge in [0.2, 0.25) is 0 Å². The molecule has 0 aliphatic heterocycles. The molecule has 2 aromatic carbocycles. The van der Waals surface area contributed by atoms with Gasteiger partial charge in [0.1, 0.15) is 11.5 Å². The van der Waals surface area contributed by atoms with Crippen molar-refractivity contribution in [2.45, 2.75) is 25.4 Å². The molecule has 21 heavy (non-hydrogen) atoms. The fourth-order valence-corrected chi connectivity index (χ4v) is 2.70. The van der Waals surface area contributed by atoms with E-state index in [1.807, 2.05) is 12.1 Å². The van der Waals surface area contributed by atoms with E-state index >= 15 is 0 Å². The Morgan fingerprint density at radius 3 is 2.62 bits per heavy atom. The zero-order chi connectivity index (χ0) is 14.7. The van der Waals surface area contributed by atoms with Gasteiger partial charge < -0.3 is 15.2 Å². The summed E-state index contributed by atoms with van der Waals surface area (Å²) in [6.07, 6.45) is 2.55. The van der Waals surface area contributed by atoms with Crippen LogP contribution in [-0.4, -0.2) is 12.2 Å². The van der Waals surface area contributed by atoms with Crippen molar-refractivity contribution in [2.24, 2.45) is 5.92 Å². The van der Waals surface area contributed by atoms with Crippen LogP contribution in [0, 0.1) is 5.92 Å². The summed E-state index contributed by atoms with van der Waals surface area (Å²) in [4.78, 5) is 0. The highest BCUT2D eigenvalue weighted by Crippen LogP contribution is 2.41. The van der Waals surface area contributed by atoms with Crippen LogP contribution in [0.1, 0.15) is 30.0 Å². The Morgan fingerprint density at radius 2 is 1.95 bits per heavy atom. The molecule has 2 aromatic rings. The number of ether oxygens (including phenoxy) is 1. The maximum absolute atomic E-state index is 9.97. The van der Waals surface area contributed by atoms with Crippen molar-refractivity contribution in [1.82, 2.24) is 5.32 Å². The third kappa shape index (κ3) is 3.37. The molecule has 110 valence electrons. The molecule has 3 heteroatoms. The van der Waals surface area contributed by atoms with Gasteiger partial charge in [-0.05, 0) is 42.5 Å². The van der Waals surface area contributed by atoms with Crippen molar-refractivity contribution in [1.29, 1.82) is 0 Å². The number of rotatable bonds is 6. The monoisotopic (exact) mass is 283 g/mol. The van der Waals surface area contributed by atoms with Gasteiger partial charge in [0.25, 0.3) is 0 Å². The normalized spacial score (nSPS) is 15.7. The van der Waals surface area contributed by atoms with Gasteiger partial charge in [-0.2, -0.15) is 0 Å². The van der Waals surface area contributed by atoms with Gasteiger partial charge in [-0.1, -0.05) is 30.3 Å². The van der Waals surface area contributed by atoms with E-state index in [4.69, 9.17) is 4.74 Å². The number of hydrogen-bond acceptors (Lipinski definition) is 3. The molecule has 2 N–H and O–H groups in total. The first-order valence-electron chi connectivity index (χ1n) is 7.42. The molecule has 0 radical (unpaired) electrons. The van der Waals surface area contributed by atoms with Crippen molar-refractivity contribution in [3.05, 3.63) is 59.7 Å². The second kappa shape index (κ2) is 6.19. The Kier molecular flexibility index (Phi) is 4.11. The SMILES string of the molecule is COc1ccc(O)c(CNC(c2ccccc2)C2CC2)c1. The van der Waals surface area contributed by atoms with Crippen LogP contribution >= 0.6 is 0 Å². The fraction of sp³-hybridized carbons (Fsp3) is 0.333. The van der Waals surface area contributed by atoms with Crippen molar-refractivity contribution >= 4 is 0 Å². The molecule has 1 unspecified atom stereocenters. The molecular formula is C18H21NO2. The lowest BCUT2D eigenvalue weighted by atomic mass is 10.0. The maximum atomic E-state index is 9.97. The molecule has 1 aliphatic rings. The molecule has 1 fully saturated rings. The van der Waals surface area contributed by atoms with Crippen LogP contribution in [0.2, 0.25) is 0 Å². The van der Waals surface area contributed by atoms with Crippen molar-refractivity contribution in [3.8, 4) is 11.5 Å². The minimum Gasteiger partial charge on any atom is -0.508 e. The molecule has 3 nitrogen and oxygen atoms in total. The van der Waals surface area contributed by atoms with Crippen LogP contribution in [0.3, 0.4) is 0 Å². The van der Waals surface area contributed by atoms with E-state index in [1.165, 1.54) is 18.4 Å². The number of phenolic OH excluding ortho intramolecular Hbond substituents is 1. The maximum Gasteiger partial charge on any atom is 0.120 e. The van der Waals surface area contributed by atoms with E-state index in [0.717, 1.165) is 11.3 Å². The summed E-state index contributed by atoms with van der Waals surface area (Å²) in [6.45, 7) is 0.638. The molecule has 3 rings (SSSR count). The second-order valence-corrected chi connectivity index (χ2v) is 5.60. The first-order chi connectivity index (χ1) is 10.3. The van der Waals surface area contributed by atoms with E-state index in [-0.39, 0.29) is 0 Å². The minimum atomic E-state index is 0.311. The van der Waals surface area contributed by atoms with Gasteiger partial charge in [0.05, 0.1) is 7.11 Å². The van der Waals surface area contributed by atoms with Crippen LogP contribution in [0.25, 0.3) is 0 Å². The summed E-state index contributed by atoms with van der Waals surface area (Å²) in [6, 6.07) is 16.2. The Labute approximate surface area is 125 Å². The highest BCUT2D eigenvalue weighted by atomic mass is 16.5. The molecule has 0 saturated heterocycles. The topological polar surface area (TPSA) is 41.5 Å². The lowest BCUT2D eigenvalue weighted by molar-refractivity contribution is 0.408. The molecule has 0 spiro atoms. The molecular weight excluding hydrogens is 262 g/mol. The predicted molar refractivity (Wildman–Crippen MR) is 83.4 cm³/mol. The highest BCUT2D eigenvalue weighted by Gasteiger charge is 2.31. The summed E-state index contributed by atoms with van der Waals surface area (Å²) in [5, 5.41) is 13.6. The van der Waals surface area contributed by atoms with E-state index in [1.54, 1.807) is 19.2 Å². The fourth-order valence-electron chi connectivity index (χ4n) is 2.70. The Hall–Kier alpha value is -2.00. The van der Waals surface area contributed by atoms with E-state index in [9.17, 15) is 5.11 Å². The molecule has 0 aromatic heterocycles. The minimum absolute atomic E-state index is 0.311. The van der Waals surface area contributed by atoms with Crippen molar-refractivity contribution in [3.63, 3.8) is 0 Å². The molecule has 1 atom stereocenters. The summed E-state index contributed by atoms with van der Waals surface area (Å²) < 4.78 is 5.22. The van der Waals surface area contributed by atoms with Crippen LogP contribution < -0.4 is 10.1 Å². The van der Waals surface area contributed by atoms with Gasteiger partial charge in [0.15, 0.2) is 0 Å². The quantitative estimate of drug-likeness (QED) is 0.850. The van der Waals surface area contributed by atoms with Gasteiger partial charge in [-0.15, -0.1) is 0 Å². The molecule has 0 heterocycles. The average Bonchev–Trinajstić information content (AvgIpc) is 3.35. The van der Waals surface area contributed by atoms with Gasteiger partial charge in [0, 0.05) is 18.2 Å². The molecule has 0 amide bonds. The molecule has 0 bridgehead atoms. The first kappa shape index (κ1) is 14.0. The van der Waals surface area contributed by atoms with E-state index in [2.05, 4.69) is 29.6 Å². The average molecular weight is 283 g/mol. The van der Waals surface area contributed by atoms with Crippen LogP contribution in [0.5, 0.6) is 11.5 Å². The Balaban J connectivity index is 1.73. The summed E-state index contributed by atoms with van der Waals surface area (Å²) >= 11 is 0. The Morgan fingerprint density at radius 1 is 1.19 bits per heavy atom. The van der Waals surface area contributed by atoms with Gasteiger partial charge in [-0.25, -0.2) is 0 Å². The van der Waals surface area contributed by atoms with Gasteiger partial charge >= 0.3 is 0 Å². The summed E-state index contributed by atoms with van der Waals surface area (Å²) in [5.41, 5.74) is 2.19. The number of aromatic hydroxyl groups is 1. The summed E-state index contributed by atoms with van der Waals surface area (Å²) in [5.74, 6) is 1.79. The van der Waals surface area contributed by atoms with Crippen molar-refractivity contribution < 1.29 is 9.84 Å². The van der Waals surface area contributed by atoms with Crippen LogP contribution in [-0.2, 0) is 6.54 Å². The largest absolute Gasteiger partial charge is 0.508 e. The smallest absolute Gasteiger partial charge is 0.120 e. The van der Waals surface area contributed by atoms with E-state index in [0.29, 0.717) is 24.3 Å². The molecule has 1 saturated carbocycles.